The van der Waals surface area contributed by atoms with E-state index in [4.69, 9.17) is 5.11 Å². The van der Waals surface area contributed by atoms with E-state index in [9.17, 15) is 4.79 Å². The molecule has 4 heteroatoms. The van der Waals surface area contributed by atoms with Crippen LogP contribution < -0.4 is 8.70 Å². The zero-order chi connectivity index (χ0) is 13.8. The van der Waals surface area contributed by atoms with Crippen molar-refractivity contribution in [3.8, 4) is 0 Å². The number of carbonyl (C=O) groups is 1. The van der Waals surface area contributed by atoms with E-state index < -0.39 is 20.6 Å². The van der Waals surface area contributed by atoms with Gasteiger partial charge in [0, 0.05) is 0 Å². The molecule has 0 aliphatic carbocycles. The van der Waals surface area contributed by atoms with E-state index in [1.165, 1.54) is 8.70 Å². The summed E-state index contributed by atoms with van der Waals surface area (Å²) >= 11 is 2.16. The van der Waals surface area contributed by atoms with Crippen LogP contribution in [0.15, 0.2) is 53.0 Å². The molecular weight excluding hydrogens is 367 g/mol. The van der Waals surface area contributed by atoms with E-state index in [2.05, 4.69) is 47.1 Å². The van der Waals surface area contributed by atoms with Crippen LogP contribution in [0.1, 0.15) is 17.3 Å². The average molecular weight is 381 g/mol. The van der Waals surface area contributed by atoms with Crippen molar-refractivity contribution in [3.63, 3.8) is 0 Å². The maximum absolute atomic E-state index is 10.9. The fourth-order valence-corrected chi connectivity index (χ4v) is 6.48. The molecule has 0 saturated carbocycles. The summed E-state index contributed by atoms with van der Waals surface area (Å²) in [5, 5.41) is 10.1. The molecule has 2 aromatic rings. The van der Waals surface area contributed by atoms with Crippen molar-refractivity contribution in [1.29, 1.82) is 0 Å². The van der Waals surface area contributed by atoms with Crippen LogP contribution in [0.5, 0.6) is 0 Å². The number of rotatable bonds is 4. The van der Waals surface area contributed by atoms with Gasteiger partial charge in [0.15, 0.2) is 0 Å². The van der Waals surface area contributed by atoms with Gasteiger partial charge in [-0.05, 0) is 0 Å². The molecular formula is C15H14AsBrO2. The van der Waals surface area contributed by atoms with E-state index in [-0.39, 0.29) is 0 Å². The summed E-state index contributed by atoms with van der Waals surface area (Å²) in [6.45, 7) is 2.20. The Morgan fingerprint density at radius 2 is 1.53 bits per heavy atom. The molecule has 2 aromatic carbocycles. The van der Waals surface area contributed by atoms with Gasteiger partial charge in [-0.15, -0.1) is 0 Å². The molecule has 1 atom stereocenters. The van der Waals surface area contributed by atoms with Crippen LogP contribution >= 0.6 is 15.9 Å². The van der Waals surface area contributed by atoms with E-state index in [0.29, 0.717) is 5.56 Å². The van der Waals surface area contributed by atoms with Crippen molar-refractivity contribution in [2.75, 3.05) is 0 Å². The number of carboxylic acids is 1. The Labute approximate surface area is 125 Å². The van der Waals surface area contributed by atoms with Gasteiger partial charge in [0.25, 0.3) is 0 Å². The summed E-state index contributed by atoms with van der Waals surface area (Å²) in [6, 6.07) is 15.8. The molecule has 0 bridgehead atoms. The SMILES string of the molecule is CC[As](c1ccc(Br)cc1)c1ccc(C(=O)O)cc1. The van der Waals surface area contributed by atoms with Crippen molar-refractivity contribution in [1.82, 2.24) is 0 Å². The van der Waals surface area contributed by atoms with Crippen LogP contribution in [0.4, 0.5) is 0 Å². The van der Waals surface area contributed by atoms with Gasteiger partial charge in [0.2, 0.25) is 0 Å². The first kappa shape index (κ1) is 14.4. The van der Waals surface area contributed by atoms with Crippen LogP contribution in [-0.2, 0) is 0 Å². The monoisotopic (exact) mass is 380 g/mol. The van der Waals surface area contributed by atoms with E-state index in [1.54, 1.807) is 12.1 Å². The predicted molar refractivity (Wildman–Crippen MR) is 83.0 cm³/mol. The van der Waals surface area contributed by atoms with Crippen molar-refractivity contribution in [2.24, 2.45) is 0 Å². The van der Waals surface area contributed by atoms with Gasteiger partial charge in [0.1, 0.15) is 0 Å². The third kappa shape index (κ3) is 3.49. The molecule has 1 N–H and O–H groups in total. The molecule has 0 spiro atoms. The molecule has 2 nitrogen and oxygen atoms in total. The molecule has 0 fully saturated rings. The Morgan fingerprint density at radius 3 is 1.95 bits per heavy atom. The number of carboxylic acid groups (broad SMARTS) is 1. The summed E-state index contributed by atoms with van der Waals surface area (Å²) in [5.74, 6) is -0.870. The zero-order valence-electron chi connectivity index (χ0n) is 10.5. The number of halogens is 1. The molecule has 19 heavy (non-hydrogen) atoms. The van der Waals surface area contributed by atoms with Gasteiger partial charge in [-0.25, -0.2) is 0 Å². The molecule has 0 saturated heterocycles. The average Bonchev–Trinajstić information content (AvgIpc) is 2.42. The topological polar surface area (TPSA) is 37.3 Å². The van der Waals surface area contributed by atoms with Gasteiger partial charge >= 0.3 is 126 Å². The molecule has 0 radical (unpaired) electrons. The van der Waals surface area contributed by atoms with E-state index in [1.807, 2.05) is 12.1 Å². The van der Waals surface area contributed by atoms with E-state index in [0.717, 1.165) is 9.68 Å². The second kappa shape index (κ2) is 6.40. The zero-order valence-corrected chi connectivity index (χ0v) is 14.0. The van der Waals surface area contributed by atoms with Crippen molar-refractivity contribution in [3.05, 3.63) is 58.6 Å². The van der Waals surface area contributed by atoms with Crippen LogP contribution in [0, 0.1) is 0 Å². The quantitative estimate of drug-likeness (QED) is 0.828. The maximum atomic E-state index is 10.9. The number of aromatic carboxylic acids is 1. The molecule has 98 valence electrons. The first-order valence-electron chi connectivity index (χ1n) is 5.98. The van der Waals surface area contributed by atoms with Crippen molar-refractivity contribution < 1.29 is 9.90 Å². The fourth-order valence-electron chi connectivity index (χ4n) is 1.92. The third-order valence-electron chi connectivity index (χ3n) is 2.88. The Morgan fingerprint density at radius 1 is 1.05 bits per heavy atom. The Bertz CT molecular complexity index is 564. The summed E-state index contributed by atoms with van der Waals surface area (Å²) in [6.07, 6.45) is 0. The standard InChI is InChI=1S/C15H14AsBrO2/c1-2-16(13-7-9-14(17)10-8-13)12-5-3-11(4-6-12)15(18)19/h3-10H,2H2,1H3,(H,18,19). The van der Waals surface area contributed by atoms with Crippen molar-refractivity contribution >= 4 is 45.3 Å². The van der Waals surface area contributed by atoms with Crippen molar-refractivity contribution in [2.45, 2.75) is 12.1 Å². The fraction of sp³-hybridized carbons (Fsp3) is 0.133. The van der Waals surface area contributed by atoms with Crippen LogP contribution in [0.25, 0.3) is 0 Å². The minimum atomic E-state index is -1.29. The van der Waals surface area contributed by atoms with Gasteiger partial charge in [-0.3, -0.25) is 0 Å². The molecule has 2 rings (SSSR count). The summed E-state index contributed by atoms with van der Waals surface area (Å²) in [4.78, 5) is 10.9. The normalized spacial score (nSPS) is 12.1. The van der Waals surface area contributed by atoms with Crippen LogP contribution in [-0.4, -0.2) is 25.7 Å². The minimum absolute atomic E-state index is 0.351. The molecule has 0 aliphatic rings. The second-order valence-electron chi connectivity index (χ2n) is 4.07. The molecule has 1 unspecified atom stereocenters. The van der Waals surface area contributed by atoms with Crippen LogP contribution in [0.2, 0.25) is 5.21 Å². The Hall–Kier alpha value is -1.05. The van der Waals surface area contributed by atoms with Gasteiger partial charge in [-0.1, -0.05) is 0 Å². The summed E-state index contributed by atoms with van der Waals surface area (Å²) < 4.78 is 3.77. The summed E-state index contributed by atoms with van der Waals surface area (Å²) in [5.41, 5.74) is 0.351. The molecule has 0 aliphatic heterocycles. The second-order valence-corrected chi connectivity index (χ2v) is 10.3. The first-order chi connectivity index (χ1) is 9.11. The van der Waals surface area contributed by atoms with Gasteiger partial charge in [-0.2, -0.15) is 0 Å². The number of hydrogen-bond donors (Lipinski definition) is 1. The van der Waals surface area contributed by atoms with E-state index >= 15 is 0 Å². The number of benzene rings is 2. The third-order valence-corrected chi connectivity index (χ3v) is 8.60. The molecule has 0 aromatic heterocycles. The van der Waals surface area contributed by atoms with Gasteiger partial charge < -0.3 is 0 Å². The Balaban J connectivity index is 2.31. The first-order valence-corrected chi connectivity index (χ1v) is 9.98. The van der Waals surface area contributed by atoms with Crippen LogP contribution in [0.3, 0.4) is 0 Å². The predicted octanol–water partition coefficient (Wildman–Crippen LogP) is 2.78. The Kier molecular flexibility index (Phi) is 4.84. The number of hydrogen-bond acceptors (Lipinski definition) is 1. The van der Waals surface area contributed by atoms with Gasteiger partial charge in [0.05, 0.1) is 0 Å². The molecule has 0 amide bonds. The summed E-state index contributed by atoms with van der Waals surface area (Å²) in [7, 11) is 0. The molecule has 0 heterocycles.